The second-order valence-electron chi connectivity index (χ2n) is 11.0. The van der Waals surface area contributed by atoms with E-state index in [1.54, 1.807) is 18.5 Å². The molecule has 2 amide bonds. The van der Waals surface area contributed by atoms with E-state index < -0.39 is 17.7 Å². The number of aryl methyl sites for hydroxylation is 1. The molecule has 3 atom stereocenters. The van der Waals surface area contributed by atoms with E-state index in [1.807, 2.05) is 37.8 Å². The van der Waals surface area contributed by atoms with Crippen molar-refractivity contribution in [1.29, 1.82) is 0 Å². The molecule has 36 heavy (non-hydrogen) atoms. The Morgan fingerprint density at radius 2 is 1.86 bits per heavy atom. The predicted octanol–water partition coefficient (Wildman–Crippen LogP) is 4.61. The Bertz CT molecular complexity index is 1120. The maximum Gasteiger partial charge on any atom is 0.408 e. The Hall–Kier alpha value is -2.87. The second kappa shape index (κ2) is 10.2. The van der Waals surface area contributed by atoms with Crippen molar-refractivity contribution in [3.63, 3.8) is 0 Å². The minimum absolute atomic E-state index is 0.0404. The zero-order chi connectivity index (χ0) is 26.2. The van der Waals surface area contributed by atoms with Gasteiger partial charge in [0.2, 0.25) is 5.91 Å². The van der Waals surface area contributed by atoms with E-state index >= 15 is 0 Å². The lowest BCUT2D eigenvalue weighted by Gasteiger charge is -2.45. The summed E-state index contributed by atoms with van der Waals surface area (Å²) in [6, 6.07) is 6.43. The Morgan fingerprint density at radius 1 is 1.17 bits per heavy atom. The molecule has 1 saturated heterocycles. The van der Waals surface area contributed by atoms with Gasteiger partial charge in [-0.1, -0.05) is 30.7 Å². The Morgan fingerprint density at radius 3 is 2.47 bits per heavy atom. The van der Waals surface area contributed by atoms with Crippen LogP contribution in [0.15, 0.2) is 30.6 Å². The molecule has 1 aliphatic heterocycles. The molecule has 2 aliphatic rings. The number of anilines is 1. The normalized spacial score (nSPS) is 20.7. The minimum Gasteiger partial charge on any atom is -0.465 e. The summed E-state index contributed by atoms with van der Waals surface area (Å²) >= 11 is 6.05. The van der Waals surface area contributed by atoms with Crippen LogP contribution in [0.4, 0.5) is 10.6 Å². The largest absolute Gasteiger partial charge is 0.465 e. The van der Waals surface area contributed by atoms with Gasteiger partial charge < -0.3 is 14.9 Å². The number of carboxylic acid groups (broad SMARTS) is 1. The molecule has 9 heteroatoms. The predicted molar refractivity (Wildman–Crippen MR) is 141 cm³/mol. The third-order valence-corrected chi connectivity index (χ3v) is 7.58. The number of amides is 2. The van der Waals surface area contributed by atoms with Crippen LogP contribution in [0.2, 0.25) is 5.02 Å². The first-order valence-corrected chi connectivity index (χ1v) is 13.0. The van der Waals surface area contributed by atoms with Crippen molar-refractivity contribution in [2.24, 2.45) is 0 Å². The van der Waals surface area contributed by atoms with Gasteiger partial charge >= 0.3 is 6.09 Å². The molecule has 1 aromatic carbocycles. The van der Waals surface area contributed by atoms with Crippen LogP contribution in [0, 0.1) is 0 Å². The monoisotopic (exact) mass is 513 g/mol. The summed E-state index contributed by atoms with van der Waals surface area (Å²) in [5, 5.41) is 10.7. The van der Waals surface area contributed by atoms with Crippen molar-refractivity contribution in [2.45, 2.75) is 77.4 Å². The lowest BCUT2D eigenvalue weighted by atomic mass is 9.97. The van der Waals surface area contributed by atoms with Crippen molar-refractivity contribution < 1.29 is 14.7 Å². The van der Waals surface area contributed by atoms with Crippen LogP contribution in [0.3, 0.4) is 0 Å². The summed E-state index contributed by atoms with van der Waals surface area (Å²) < 4.78 is 0. The maximum atomic E-state index is 13.9. The third kappa shape index (κ3) is 5.28. The van der Waals surface area contributed by atoms with E-state index in [-0.39, 0.29) is 18.4 Å². The number of fused-ring (bicyclic) bond motifs is 1. The van der Waals surface area contributed by atoms with Crippen molar-refractivity contribution in [1.82, 2.24) is 19.8 Å². The summed E-state index contributed by atoms with van der Waals surface area (Å²) in [6.45, 7) is 11.4. The molecule has 1 N–H and O–H groups in total. The van der Waals surface area contributed by atoms with Crippen molar-refractivity contribution in [3.05, 3.63) is 52.4 Å². The highest BCUT2D eigenvalue weighted by Gasteiger charge is 2.41. The molecular formula is C27H36ClN5O3. The summed E-state index contributed by atoms with van der Waals surface area (Å²) in [4.78, 5) is 40.8. The van der Waals surface area contributed by atoms with Crippen molar-refractivity contribution in [3.8, 4) is 0 Å². The summed E-state index contributed by atoms with van der Waals surface area (Å²) in [5.41, 5.74) is 2.48. The molecular weight excluding hydrogens is 478 g/mol. The first kappa shape index (κ1) is 26.2. The van der Waals surface area contributed by atoms with E-state index in [2.05, 4.69) is 28.7 Å². The van der Waals surface area contributed by atoms with Gasteiger partial charge in [-0.3, -0.25) is 9.69 Å². The topological polar surface area (TPSA) is 89.9 Å². The fourth-order valence-electron chi connectivity index (χ4n) is 5.56. The molecule has 0 unspecified atom stereocenters. The van der Waals surface area contributed by atoms with Gasteiger partial charge in [-0.25, -0.2) is 14.8 Å². The quantitative estimate of drug-likeness (QED) is 0.628. The van der Waals surface area contributed by atoms with E-state index in [0.717, 1.165) is 29.9 Å². The number of carbonyl (C=O) groups excluding carboxylic acids is 1. The van der Waals surface area contributed by atoms with Crippen LogP contribution in [0.5, 0.6) is 0 Å². The number of hydrogen-bond donors (Lipinski definition) is 1. The molecule has 2 aromatic rings. The molecule has 194 valence electrons. The number of piperazine rings is 1. The Balaban J connectivity index is 1.58. The number of nitrogens with zero attached hydrogens (tertiary/aromatic N) is 5. The maximum absolute atomic E-state index is 13.9. The third-order valence-electron chi connectivity index (χ3n) is 7.33. The van der Waals surface area contributed by atoms with E-state index in [4.69, 9.17) is 11.6 Å². The number of rotatable bonds is 5. The molecule has 8 nitrogen and oxygen atoms in total. The summed E-state index contributed by atoms with van der Waals surface area (Å²) in [6.07, 6.45) is 2.88. The van der Waals surface area contributed by atoms with Gasteiger partial charge in [-0.15, -0.1) is 0 Å². The van der Waals surface area contributed by atoms with E-state index in [9.17, 15) is 14.7 Å². The zero-order valence-corrected chi connectivity index (χ0v) is 22.5. The van der Waals surface area contributed by atoms with Crippen LogP contribution < -0.4 is 4.90 Å². The second-order valence-corrected chi connectivity index (χ2v) is 11.4. The highest BCUT2D eigenvalue weighted by Crippen LogP contribution is 2.38. The van der Waals surface area contributed by atoms with Gasteiger partial charge in [-0.05, 0) is 64.2 Å². The van der Waals surface area contributed by atoms with Crippen LogP contribution in [-0.4, -0.2) is 74.1 Å². The first-order chi connectivity index (χ1) is 17.0. The summed E-state index contributed by atoms with van der Waals surface area (Å²) in [5.74, 6) is 1.22. The average molecular weight is 514 g/mol. The van der Waals surface area contributed by atoms with Crippen LogP contribution in [-0.2, 0) is 17.6 Å². The number of carbonyl (C=O) groups is 2. The lowest BCUT2D eigenvalue weighted by molar-refractivity contribution is -0.139. The van der Waals surface area contributed by atoms with Gasteiger partial charge in [0.1, 0.15) is 18.2 Å². The highest BCUT2D eigenvalue weighted by atomic mass is 35.5. The Kier molecular flexibility index (Phi) is 7.46. The first-order valence-electron chi connectivity index (χ1n) is 12.6. The number of halogens is 1. The van der Waals surface area contributed by atoms with E-state index in [0.29, 0.717) is 30.6 Å². The van der Waals surface area contributed by atoms with Gasteiger partial charge in [0.05, 0.1) is 0 Å². The molecule has 1 aromatic heterocycles. The number of aromatic nitrogens is 2. The average Bonchev–Trinajstić information content (AvgIpc) is 3.19. The fraction of sp³-hybridized carbons (Fsp3) is 0.556. The molecule has 0 radical (unpaired) electrons. The minimum atomic E-state index is -1.10. The lowest BCUT2D eigenvalue weighted by Crippen LogP contribution is -2.62. The molecule has 1 aliphatic carbocycles. The summed E-state index contributed by atoms with van der Waals surface area (Å²) in [7, 11) is 0. The Labute approximate surface area is 218 Å². The van der Waals surface area contributed by atoms with Crippen molar-refractivity contribution in [2.75, 3.05) is 24.5 Å². The number of benzene rings is 1. The smallest absolute Gasteiger partial charge is 0.408 e. The molecule has 0 saturated carbocycles. The van der Waals surface area contributed by atoms with Crippen LogP contribution in [0.1, 0.15) is 63.8 Å². The van der Waals surface area contributed by atoms with Gasteiger partial charge in [-0.2, -0.15) is 0 Å². The fourth-order valence-corrected chi connectivity index (χ4v) is 5.68. The molecule has 0 bridgehead atoms. The van der Waals surface area contributed by atoms with Crippen LogP contribution >= 0.6 is 11.6 Å². The van der Waals surface area contributed by atoms with E-state index in [1.165, 1.54) is 10.5 Å². The van der Waals surface area contributed by atoms with Gasteiger partial charge in [0.15, 0.2) is 0 Å². The van der Waals surface area contributed by atoms with Crippen LogP contribution in [0.25, 0.3) is 0 Å². The molecule has 1 fully saturated rings. The molecule has 2 heterocycles. The molecule has 4 rings (SSSR count). The number of hydrogen-bond acceptors (Lipinski definition) is 5. The van der Waals surface area contributed by atoms with Gasteiger partial charge in [0, 0.05) is 53.9 Å². The molecule has 0 spiro atoms. The SMILES string of the molecule is C[C@@H]1CCc2ncnc(N3CCN(C(=O)[C@@H](Cc4ccc(Cl)cc4)N(C(=O)O)C(C)(C)C)C[C@@H]3C)c21. The van der Waals surface area contributed by atoms with Crippen molar-refractivity contribution >= 4 is 29.4 Å². The van der Waals surface area contributed by atoms with Gasteiger partial charge in [0.25, 0.3) is 0 Å². The highest BCUT2D eigenvalue weighted by molar-refractivity contribution is 6.30. The zero-order valence-electron chi connectivity index (χ0n) is 21.7. The standard InChI is InChI=1S/C27H36ClN5O3/c1-17-6-11-21-23(17)24(30-16-29-21)32-13-12-31(15-18(32)2)25(34)22(33(26(35)36)27(3,4)5)14-19-7-9-20(28)10-8-19/h7-10,16-18,22H,6,11-15H2,1-5H3,(H,35,36)/t17-,18+,22-/m1/s1.